The van der Waals surface area contributed by atoms with Crippen LogP contribution in [-0.2, 0) is 0 Å². The summed E-state index contributed by atoms with van der Waals surface area (Å²) in [5, 5.41) is 13.0. The van der Waals surface area contributed by atoms with Crippen molar-refractivity contribution >= 4 is 45.7 Å². The Morgan fingerprint density at radius 2 is 1.94 bits per heavy atom. The van der Waals surface area contributed by atoms with E-state index in [1.807, 2.05) is 36.4 Å². The minimum atomic E-state index is -0.301. The van der Waals surface area contributed by atoms with Crippen LogP contribution in [-0.4, -0.2) is 36.5 Å². The number of hydrogen-bond donors (Lipinski definition) is 1. The molecule has 2 aromatic carbocycles. The number of fused-ring (bicyclic) bond motifs is 3. The van der Waals surface area contributed by atoms with Crippen molar-refractivity contribution in [2.24, 2.45) is 0 Å². The number of benzene rings is 2. The molecular weight excluding hydrogens is 476 g/mol. The fourth-order valence-corrected chi connectivity index (χ4v) is 4.62. The van der Waals surface area contributed by atoms with Crippen molar-refractivity contribution in [3.8, 4) is 11.8 Å². The molecule has 5 aromatic rings. The SMILES string of the molecule is N#CCCN(c1ccc(Nc2ncc3c(=O)n(-c4ccccc4Cl)c4nccn4c3n2)cc1)C1CC1. The Morgan fingerprint density at radius 3 is 2.69 bits per heavy atom. The van der Waals surface area contributed by atoms with E-state index >= 15 is 0 Å². The summed E-state index contributed by atoms with van der Waals surface area (Å²) < 4.78 is 3.22. The standard InChI is InChI=1S/C26H21ClN8O/c27-21-4-1-2-5-22(21)35-24(36)20-16-30-25(32-23(20)34-15-13-29-26(34)35)31-17-6-8-18(9-7-17)33(14-3-12-28)19-10-11-19/h1-2,4-9,13,15-16,19H,3,10-11,14H2,(H,30,31,32). The van der Waals surface area contributed by atoms with Gasteiger partial charge in [-0.05, 0) is 49.2 Å². The molecule has 3 heterocycles. The zero-order chi connectivity index (χ0) is 24.6. The maximum atomic E-state index is 13.4. The maximum absolute atomic E-state index is 13.4. The Hall–Kier alpha value is -4.42. The summed E-state index contributed by atoms with van der Waals surface area (Å²) in [6.07, 6.45) is 7.72. The van der Waals surface area contributed by atoms with Crippen LogP contribution >= 0.6 is 11.6 Å². The van der Waals surface area contributed by atoms with Gasteiger partial charge in [0.2, 0.25) is 11.7 Å². The summed E-state index contributed by atoms with van der Waals surface area (Å²) in [4.78, 5) is 29.1. The summed E-state index contributed by atoms with van der Waals surface area (Å²) in [5.74, 6) is 0.774. The number of hydrogen-bond acceptors (Lipinski definition) is 7. The van der Waals surface area contributed by atoms with Gasteiger partial charge in [-0.1, -0.05) is 23.7 Å². The van der Waals surface area contributed by atoms with Gasteiger partial charge < -0.3 is 10.2 Å². The van der Waals surface area contributed by atoms with Crippen LogP contribution in [0.1, 0.15) is 19.3 Å². The number of halogens is 1. The number of rotatable bonds is 7. The van der Waals surface area contributed by atoms with Gasteiger partial charge in [0.15, 0.2) is 5.65 Å². The molecule has 0 unspecified atom stereocenters. The first-order valence-electron chi connectivity index (χ1n) is 11.6. The van der Waals surface area contributed by atoms with Crippen molar-refractivity contribution in [3.63, 3.8) is 0 Å². The van der Waals surface area contributed by atoms with Crippen molar-refractivity contribution < 1.29 is 0 Å². The molecule has 10 heteroatoms. The molecule has 1 saturated carbocycles. The van der Waals surface area contributed by atoms with Gasteiger partial charge in [-0.2, -0.15) is 10.2 Å². The molecule has 6 rings (SSSR count). The van der Waals surface area contributed by atoms with Crippen LogP contribution in [0.25, 0.3) is 22.5 Å². The fourth-order valence-electron chi connectivity index (χ4n) is 4.40. The quantitative estimate of drug-likeness (QED) is 0.348. The van der Waals surface area contributed by atoms with Crippen molar-refractivity contribution in [2.75, 3.05) is 16.8 Å². The minimum Gasteiger partial charge on any atom is -0.368 e. The van der Waals surface area contributed by atoms with E-state index in [2.05, 4.69) is 31.2 Å². The molecule has 1 N–H and O–H groups in total. The van der Waals surface area contributed by atoms with Crippen LogP contribution in [0.5, 0.6) is 0 Å². The highest BCUT2D eigenvalue weighted by Gasteiger charge is 2.28. The lowest BCUT2D eigenvalue weighted by molar-refractivity contribution is 0.793. The number of nitrogens with zero attached hydrogens (tertiary/aromatic N) is 7. The number of anilines is 3. The smallest absolute Gasteiger partial charge is 0.270 e. The summed E-state index contributed by atoms with van der Waals surface area (Å²) >= 11 is 6.39. The zero-order valence-electron chi connectivity index (χ0n) is 19.2. The predicted octanol–water partition coefficient (Wildman–Crippen LogP) is 4.71. The normalized spacial score (nSPS) is 13.1. The Balaban J connectivity index is 1.35. The Kier molecular flexibility index (Phi) is 5.51. The average Bonchev–Trinajstić information content (AvgIpc) is 3.62. The molecule has 0 amide bonds. The van der Waals surface area contributed by atoms with E-state index in [-0.39, 0.29) is 5.56 Å². The number of nitrogens with one attached hydrogen (secondary N) is 1. The van der Waals surface area contributed by atoms with Gasteiger partial charge >= 0.3 is 0 Å². The van der Waals surface area contributed by atoms with Gasteiger partial charge in [0, 0.05) is 42.6 Å². The summed E-state index contributed by atoms with van der Waals surface area (Å²) in [7, 11) is 0. The van der Waals surface area contributed by atoms with Crippen molar-refractivity contribution in [1.29, 1.82) is 5.26 Å². The van der Waals surface area contributed by atoms with Crippen molar-refractivity contribution in [1.82, 2.24) is 23.9 Å². The van der Waals surface area contributed by atoms with Gasteiger partial charge in [0.1, 0.15) is 5.39 Å². The summed E-state index contributed by atoms with van der Waals surface area (Å²) in [6, 6.07) is 17.9. The first kappa shape index (κ1) is 22.1. The molecule has 178 valence electrons. The van der Waals surface area contributed by atoms with Gasteiger partial charge in [-0.3, -0.25) is 9.20 Å². The summed E-state index contributed by atoms with van der Waals surface area (Å²) in [5.41, 5.74) is 2.60. The molecule has 0 saturated heterocycles. The summed E-state index contributed by atoms with van der Waals surface area (Å²) in [6.45, 7) is 0.731. The van der Waals surface area contributed by atoms with Crippen LogP contribution in [0.15, 0.2) is 71.9 Å². The van der Waals surface area contributed by atoms with Gasteiger partial charge in [0.25, 0.3) is 5.56 Å². The molecule has 0 spiro atoms. The van der Waals surface area contributed by atoms with E-state index in [0.717, 1.165) is 30.8 Å². The van der Waals surface area contributed by atoms with Gasteiger partial charge in [-0.15, -0.1) is 0 Å². The van der Waals surface area contributed by atoms with Crippen LogP contribution in [0.3, 0.4) is 0 Å². The van der Waals surface area contributed by atoms with E-state index in [1.165, 1.54) is 10.8 Å². The largest absolute Gasteiger partial charge is 0.368 e. The van der Waals surface area contributed by atoms with Crippen LogP contribution < -0.4 is 15.8 Å². The van der Waals surface area contributed by atoms with Gasteiger partial charge in [-0.25, -0.2) is 14.5 Å². The van der Waals surface area contributed by atoms with Crippen LogP contribution in [0.4, 0.5) is 17.3 Å². The first-order valence-corrected chi connectivity index (χ1v) is 12.0. The van der Waals surface area contributed by atoms with Crippen molar-refractivity contribution in [2.45, 2.75) is 25.3 Å². The lowest BCUT2D eigenvalue weighted by Gasteiger charge is -2.23. The lowest BCUT2D eigenvalue weighted by atomic mass is 10.2. The Labute approximate surface area is 211 Å². The molecular formula is C26H21ClN8O. The molecule has 0 radical (unpaired) electrons. The second kappa shape index (κ2) is 8.98. The maximum Gasteiger partial charge on any atom is 0.270 e. The highest BCUT2D eigenvalue weighted by molar-refractivity contribution is 6.32. The zero-order valence-corrected chi connectivity index (χ0v) is 19.9. The molecule has 0 atom stereocenters. The van der Waals surface area contributed by atoms with E-state index in [9.17, 15) is 4.79 Å². The van der Waals surface area contributed by atoms with E-state index < -0.39 is 0 Å². The number of aromatic nitrogens is 5. The highest BCUT2D eigenvalue weighted by Crippen LogP contribution is 2.32. The molecule has 9 nitrogen and oxygen atoms in total. The topological polar surface area (TPSA) is 104 Å². The van der Waals surface area contributed by atoms with E-state index in [4.69, 9.17) is 16.9 Å². The average molecular weight is 497 g/mol. The highest BCUT2D eigenvalue weighted by atomic mass is 35.5. The third-order valence-electron chi connectivity index (χ3n) is 6.25. The lowest BCUT2D eigenvalue weighted by Crippen LogP contribution is -2.26. The molecule has 1 aliphatic rings. The fraction of sp³-hybridized carbons (Fsp3) is 0.192. The molecule has 1 aliphatic carbocycles. The second-order valence-electron chi connectivity index (χ2n) is 8.62. The number of para-hydroxylation sites is 1. The first-order chi connectivity index (χ1) is 17.6. The number of nitriles is 1. The van der Waals surface area contributed by atoms with Crippen LogP contribution in [0, 0.1) is 11.3 Å². The van der Waals surface area contributed by atoms with Crippen LogP contribution in [0.2, 0.25) is 5.02 Å². The third kappa shape index (κ3) is 3.91. The van der Waals surface area contributed by atoms with Crippen molar-refractivity contribution in [3.05, 3.63) is 82.5 Å². The third-order valence-corrected chi connectivity index (χ3v) is 6.57. The Morgan fingerprint density at radius 1 is 1.14 bits per heavy atom. The van der Waals surface area contributed by atoms with E-state index in [1.54, 1.807) is 28.9 Å². The monoisotopic (exact) mass is 496 g/mol. The molecule has 1 fully saturated rings. The minimum absolute atomic E-state index is 0.301. The van der Waals surface area contributed by atoms with E-state index in [0.29, 0.717) is 45.9 Å². The second-order valence-corrected chi connectivity index (χ2v) is 9.03. The molecule has 0 aliphatic heterocycles. The predicted molar refractivity (Wildman–Crippen MR) is 139 cm³/mol. The molecule has 36 heavy (non-hydrogen) atoms. The van der Waals surface area contributed by atoms with Gasteiger partial charge in [0.05, 0.1) is 23.2 Å². The number of imidazole rings is 1. The molecule has 0 bridgehead atoms. The molecule has 3 aromatic heterocycles. The Bertz CT molecular complexity index is 1680.